The average Bonchev–Trinajstić information content (AvgIpc) is 2.29. The molecule has 80 valence electrons. The second kappa shape index (κ2) is 5.11. The van der Waals surface area contributed by atoms with E-state index in [2.05, 4.69) is 0 Å². The van der Waals surface area contributed by atoms with Crippen molar-refractivity contribution in [2.75, 3.05) is 21.3 Å². The van der Waals surface area contributed by atoms with E-state index < -0.39 is 0 Å². The molecule has 1 aromatic rings. The minimum atomic E-state index is 0.531. The zero-order valence-electron chi connectivity index (χ0n) is 9.15. The van der Waals surface area contributed by atoms with Gasteiger partial charge in [0.25, 0.3) is 0 Å². The monoisotopic (exact) mass is 206 g/mol. The zero-order valence-corrected chi connectivity index (χ0v) is 9.15. The predicted octanol–water partition coefficient (Wildman–Crippen LogP) is 1.62. The van der Waals surface area contributed by atoms with Crippen LogP contribution in [0, 0.1) is 11.5 Å². The topological polar surface area (TPSA) is 45.5 Å². The minimum Gasteiger partial charge on any atom is -0.497 e. The second-order valence-electron chi connectivity index (χ2n) is 3.13. The van der Waals surface area contributed by atoms with E-state index in [4.69, 9.17) is 14.7 Å². The average molecular weight is 206 g/mol. The van der Waals surface area contributed by atoms with Gasteiger partial charge in [0, 0.05) is 18.7 Å². The maximum Gasteiger partial charge on any atom is 0.179 e. The van der Waals surface area contributed by atoms with Crippen molar-refractivity contribution in [1.82, 2.24) is 4.90 Å². The van der Waals surface area contributed by atoms with Crippen molar-refractivity contribution >= 4 is 0 Å². The Bertz CT molecular complexity index is 371. The van der Waals surface area contributed by atoms with Gasteiger partial charge < -0.3 is 14.4 Å². The largest absolute Gasteiger partial charge is 0.497 e. The molecule has 15 heavy (non-hydrogen) atoms. The highest BCUT2D eigenvalue weighted by atomic mass is 16.5. The molecule has 4 nitrogen and oxygen atoms in total. The number of nitriles is 1. The third-order valence-electron chi connectivity index (χ3n) is 2.07. The molecule has 1 rings (SSSR count). The second-order valence-corrected chi connectivity index (χ2v) is 3.13. The minimum absolute atomic E-state index is 0.531. The van der Waals surface area contributed by atoms with Crippen LogP contribution in [0.25, 0.3) is 0 Å². The van der Waals surface area contributed by atoms with E-state index in [0.717, 1.165) is 17.1 Å². The van der Waals surface area contributed by atoms with Gasteiger partial charge in [-0.2, -0.15) is 5.26 Å². The number of hydrogen-bond donors (Lipinski definition) is 0. The Kier molecular flexibility index (Phi) is 3.81. The first-order valence-corrected chi connectivity index (χ1v) is 4.53. The molecule has 0 saturated heterocycles. The first-order chi connectivity index (χ1) is 7.21. The number of nitrogens with zero attached hydrogens (tertiary/aromatic N) is 2. The molecule has 0 aliphatic heterocycles. The summed E-state index contributed by atoms with van der Waals surface area (Å²) in [6.07, 6.45) is 2.04. The van der Waals surface area contributed by atoms with Gasteiger partial charge in [-0.05, 0) is 12.1 Å². The molecule has 0 atom stereocenters. The molecule has 1 aromatic carbocycles. The van der Waals surface area contributed by atoms with Crippen molar-refractivity contribution in [3.05, 3.63) is 23.8 Å². The SMILES string of the molecule is COc1ccc(CN(C)C#N)c(OC)c1. The molecule has 4 heteroatoms. The van der Waals surface area contributed by atoms with Crippen LogP contribution >= 0.6 is 0 Å². The van der Waals surface area contributed by atoms with Gasteiger partial charge in [0.15, 0.2) is 6.19 Å². The summed E-state index contributed by atoms with van der Waals surface area (Å²) in [5.41, 5.74) is 0.961. The van der Waals surface area contributed by atoms with Crippen molar-refractivity contribution < 1.29 is 9.47 Å². The lowest BCUT2D eigenvalue weighted by molar-refractivity contribution is 0.381. The maximum atomic E-state index is 8.67. The Morgan fingerprint density at radius 1 is 1.33 bits per heavy atom. The molecule has 0 amide bonds. The standard InChI is InChI=1S/C11H14N2O2/c1-13(8-12)7-9-4-5-10(14-2)6-11(9)15-3/h4-6H,7H2,1-3H3. The van der Waals surface area contributed by atoms with Crippen molar-refractivity contribution in [2.24, 2.45) is 0 Å². The van der Waals surface area contributed by atoms with Crippen LogP contribution in [0.5, 0.6) is 11.5 Å². The molecule has 0 aliphatic carbocycles. The van der Waals surface area contributed by atoms with Gasteiger partial charge in [-0.15, -0.1) is 0 Å². The molecule has 0 bridgehead atoms. The van der Waals surface area contributed by atoms with Crippen LogP contribution in [0.1, 0.15) is 5.56 Å². The van der Waals surface area contributed by atoms with Gasteiger partial charge in [-0.25, -0.2) is 0 Å². The van der Waals surface area contributed by atoms with E-state index in [1.165, 1.54) is 4.90 Å². The summed E-state index contributed by atoms with van der Waals surface area (Å²) in [4.78, 5) is 1.53. The molecule has 0 unspecified atom stereocenters. The normalized spacial score (nSPS) is 9.20. The van der Waals surface area contributed by atoms with Gasteiger partial charge in [-0.3, -0.25) is 0 Å². The first-order valence-electron chi connectivity index (χ1n) is 4.53. The van der Waals surface area contributed by atoms with Crippen LogP contribution in [-0.2, 0) is 6.54 Å². The van der Waals surface area contributed by atoms with Crippen molar-refractivity contribution in [3.8, 4) is 17.7 Å². The molecule has 0 aliphatic rings. The first kappa shape index (κ1) is 11.2. The molecule has 0 fully saturated rings. The van der Waals surface area contributed by atoms with Gasteiger partial charge in [0.2, 0.25) is 0 Å². The van der Waals surface area contributed by atoms with Crippen LogP contribution in [0.4, 0.5) is 0 Å². The number of benzene rings is 1. The molecule has 0 spiro atoms. The summed E-state index contributed by atoms with van der Waals surface area (Å²) < 4.78 is 10.3. The molecule has 0 heterocycles. The van der Waals surface area contributed by atoms with Crippen molar-refractivity contribution in [1.29, 1.82) is 5.26 Å². The van der Waals surface area contributed by atoms with Crippen molar-refractivity contribution in [2.45, 2.75) is 6.54 Å². The fourth-order valence-corrected chi connectivity index (χ4v) is 1.27. The summed E-state index contributed by atoms with van der Waals surface area (Å²) in [5.74, 6) is 1.48. The molecule has 0 saturated carbocycles. The number of ether oxygens (including phenoxy) is 2. The van der Waals surface area contributed by atoms with E-state index in [-0.39, 0.29) is 0 Å². The Balaban J connectivity index is 2.93. The third kappa shape index (κ3) is 2.78. The van der Waals surface area contributed by atoms with Crippen LogP contribution < -0.4 is 9.47 Å². The van der Waals surface area contributed by atoms with Crippen molar-refractivity contribution in [3.63, 3.8) is 0 Å². The molecular formula is C11H14N2O2. The van der Waals surface area contributed by atoms with Gasteiger partial charge in [0.1, 0.15) is 11.5 Å². The number of methoxy groups -OCH3 is 2. The Hall–Kier alpha value is -1.89. The Labute approximate surface area is 89.6 Å². The smallest absolute Gasteiger partial charge is 0.179 e. The summed E-state index contributed by atoms with van der Waals surface area (Å²) >= 11 is 0. The van der Waals surface area contributed by atoms with E-state index in [0.29, 0.717) is 6.54 Å². The molecule has 0 N–H and O–H groups in total. The fourth-order valence-electron chi connectivity index (χ4n) is 1.27. The Morgan fingerprint density at radius 2 is 2.07 bits per heavy atom. The van der Waals surface area contributed by atoms with E-state index in [1.807, 2.05) is 18.3 Å². The van der Waals surface area contributed by atoms with E-state index in [9.17, 15) is 0 Å². The van der Waals surface area contributed by atoms with E-state index in [1.54, 1.807) is 27.3 Å². The summed E-state index contributed by atoms with van der Waals surface area (Å²) in [6.45, 7) is 0.531. The molecular weight excluding hydrogens is 192 g/mol. The zero-order chi connectivity index (χ0) is 11.3. The summed E-state index contributed by atoms with van der Waals surface area (Å²) in [7, 11) is 4.93. The van der Waals surface area contributed by atoms with Gasteiger partial charge in [-0.1, -0.05) is 0 Å². The van der Waals surface area contributed by atoms with Gasteiger partial charge in [0.05, 0.1) is 20.8 Å². The predicted molar refractivity (Wildman–Crippen MR) is 56.6 cm³/mol. The lowest BCUT2D eigenvalue weighted by atomic mass is 10.2. The summed E-state index contributed by atoms with van der Waals surface area (Å²) in [5, 5.41) is 8.67. The Morgan fingerprint density at radius 3 is 2.60 bits per heavy atom. The summed E-state index contributed by atoms with van der Waals surface area (Å²) in [6, 6.07) is 5.55. The maximum absolute atomic E-state index is 8.67. The molecule has 0 aromatic heterocycles. The van der Waals surface area contributed by atoms with Crippen LogP contribution in [0.2, 0.25) is 0 Å². The highest BCUT2D eigenvalue weighted by Crippen LogP contribution is 2.25. The number of rotatable bonds is 4. The lowest BCUT2D eigenvalue weighted by Gasteiger charge is -2.13. The quantitative estimate of drug-likeness (QED) is 0.554. The third-order valence-corrected chi connectivity index (χ3v) is 2.07. The molecule has 0 radical (unpaired) electrons. The van der Waals surface area contributed by atoms with Crippen LogP contribution in [0.3, 0.4) is 0 Å². The van der Waals surface area contributed by atoms with E-state index >= 15 is 0 Å². The highest BCUT2D eigenvalue weighted by Gasteiger charge is 2.06. The number of hydrogen-bond acceptors (Lipinski definition) is 4. The fraction of sp³-hybridized carbons (Fsp3) is 0.364. The lowest BCUT2D eigenvalue weighted by Crippen LogP contribution is -2.11. The highest BCUT2D eigenvalue weighted by molar-refractivity contribution is 5.40. The van der Waals surface area contributed by atoms with Crippen LogP contribution in [-0.4, -0.2) is 26.2 Å². The van der Waals surface area contributed by atoms with Crippen LogP contribution in [0.15, 0.2) is 18.2 Å². The van der Waals surface area contributed by atoms with Gasteiger partial charge >= 0.3 is 0 Å².